The monoisotopic (exact) mass is 221 g/mol. The summed E-state index contributed by atoms with van der Waals surface area (Å²) in [5, 5.41) is 3.20. The number of hydrogen-bond donors (Lipinski definition) is 1. The third-order valence-corrected chi connectivity index (χ3v) is 4.24. The second-order valence-corrected chi connectivity index (χ2v) is 5.40. The van der Waals surface area contributed by atoms with E-state index in [0.717, 1.165) is 29.1 Å². The predicted molar refractivity (Wildman–Crippen MR) is 63.1 cm³/mol. The highest BCUT2D eigenvalue weighted by molar-refractivity contribution is 7.98. The van der Waals surface area contributed by atoms with Crippen molar-refractivity contribution >= 4 is 17.6 Å². The Balaban J connectivity index is 2.03. The summed E-state index contributed by atoms with van der Waals surface area (Å²) in [7, 11) is 1.95. The molecule has 0 aromatic carbocycles. The van der Waals surface area contributed by atoms with E-state index >= 15 is 0 Å². The molecular formula is C11H15N3S. The van der Waals surface area contributed by atoms with Crippen molar-refractivity contribution in [2.75, 3.05) is 12.4 Å². The molecule has 1 saturated carbocycles. The van der Waals surface area contributed by atoms with Crippen LogP contribution >= 0.6 is 11.8 Å². The molecule has 0 radical (unpaired) electrons. The number of nitrogens with zero attached hydrogens (tertiary/aromatic N) is 2. The van der Waals surface area contributed by atoms with Gasteiger partial charge in [-0.2, -0.15) is 11.8 Å². The third kappa shape index (κ3) is 1.51. The van der Waals surface area contributed by atoms with Gasteiger partial charge in [0, 0.05) is 30.0 Å². The number of fused-ring (bicyclic) bond motifs is 1. The summed E-state index contributed by atoms with van der Waals surface area (Å²) in [5.74, 6) is 5.63. The Morgan fingerprint density at radius 1 is 1.33 bits per heavy atom. The predicted octanol–water partition coefficient (Wildman–Crippen LogP) is 2.39. The highest BCUT2D eigenvalue weighted by Crippen LogP contribution is 2.46. The molecule has 1 aromatic heterocycles. The number of rotatable bonds is 2. The fourth-order valence-electron chi connectivity index (χ4n) is 2.12. The van der Waals surface area contributed by atoms with Gasteiger partial charge >= 0.3 is 0 Å². The Morgan fingerprint density at radius 3 is 2.80 bits per heavy atom. The van der Waals surface area contributed by atoms with E-state index in [4.69, 9.17) is 4.98 Å². The lowest BCUT2D eigenvalue weighted by molar-refractivity contribution is 0.829. The SMILES string of the molecule is CNc1nc(C2CC2C)nc2c1CSC2. The van der Waals surface area contributed by atoms with Crippen LogP contribution in [0.5, 0.6) is 0 Å². The molecule has 2 aliphatic rings. The first-order valence-corrected chi connectivity index (χ1v) is 6.60. The highest BCUT2D eigenvalue weighted by Gasteiger charge is 2.37. The molecule has 4 heteroatoms. The molecule has 3 rings (SSSR count). The largest absolute Gasteiger partial charge is 0.373 e. The molecule has 2 atom stereocenters. The summed E-state index contributed by atoms with van der Waals surface area (Å²) in [4.78, 5) is 9.34. The van der Waals surface area contributed by atoms with E-state index in [1.807, 2.05) is 18.8 Å². The smallest absolute Gasteiger partial charge is 0.134 e. The fraction of sp³-hybridized carbons (Fsp3) is 0.636. The Bertz CT molecular complexity index is 405. The second kappa shape index (κ2) is 3.37. The van der Waals surface area contributed by atoms with Gasteiger partial charge in [0.15, 0.2) is 0 Å². The van der Waals surface area contributed by atoms with Gasteiger partial charge in [-0.05, 0) is 12.3 Å². The van der Waals surface area contributed by atoms with Gasteiger partial charge in [0.1, 0.15) is 11.6 Å². The lowest BCUT2D eigenvalue weighted by Crippen LogP contribution is -2.05. The quantitative estimate of drug-likeness (QED) is 0.832. The molecule has 80 valence electrons. The molecule has 15 heavy (non-hydrogen) atoms. The third-order valence-electron chi connectivity index (χ3n) is 3.27. The van der Waals surface area contributed by atoms with E-state index in [1.165, 1.54) is 17.7 Å². The molecule has 1 aliphatic carbocycles. The molecule has 1 N–H and O–H groups in total. The number of aromatic nitrogens is 2. The Kier molecular flexibility index (Phi) is 2.12. The van der Waals surface area contributed by atoms with Gasteiger partial charge in [0.2, 0.25) is 0 Å². The van der Waals surface area contributed by atoms with E-state index in [-0.39, 0.29) is 0 Å². The molecule has 2 heterocycles. The van der Waals surface area contributed by atoms with Crippen LogP contribution in [0.4, 0.5) is 5.82 Å². The van der Waals surface area contributed by atoms with Crippen molar-refractivity contribution in [2.45, 2.75) is 30.8 Å². The van der Waals surface area contributed by atoms with Crippen LogP contribution in [-0.4, -0.2) is 17.0 Å². The number of hydrogen-bond acceptors (Lipinski definition) is 4. The lowest BCUT2D eigenvalue weighted by Gasteiger charge is -2.08. The normalized spacial score (nSPS) is 27.6. The molecule has 0 spiro atoms. The molecular weight excluding hydrogens is 206 g/mol. The summed E-state index contributed by atoms with van der Waals surface area (Å²) in [6, 6.07) is 0. The standard InChI is InChI=1S/C11H15N3S/c1-6-3-7(6)11-13-9-5-15-4-8(9)10(12-2)14-11/h6-7H,3-5H2,1-2H3,(H,12,13,14). The van der Waals surface area contributed by atoms with Gasteiger partial charge < -0.3 is 5.32 Å². The van der Waals surface area contributed by atoms with Crippen LogP contribution in [0.25, 0.3) is 0 Å². The second-order valence-electron chi connectivity index (χ2n) is 4.42. The molecule has 3 nitrogen and oxygen atoms in total. The van der Waals surface area contributed by atoms with Gasteiger partial charge in [-0.3, -0.25) is 0 Å². The number of anilines is 1. The summed E-state index contributed by atoms with van der Waals surface area (Å²) in [5.41, 5.74) is 2.58. The molecule has 2 unspecified atom stereocenters. The minimum Gasteiger partial charge on any atom is -0.373 e. The Morgan fingerprint density at radius 2 is 2.13 bits per heavy atom. The maximum absolute atomic E-state index is 4.70. The minimum atomic E-state index is 0.619. The van der Waals surface area contributed by atoms with Gasteiger partial charge in [0.25, 0.3) is 0 Å². The van der Waals surface area contributed by atoms with Crippen molar-refractivity contribution in [3.63, 3.8) is 0 Å². The summed E-state index contributed by atoms with van der Waals surface area (Å²) < 4.78 is 0. The van der Waals surface area contributed by atoms with Crippen molar-refractivity contribution in [1.29, 1.82) is 0 Å². The maximum atomic E-state index is 4.70. The Labute approximate surface area is 94.1 Å². The minimum absolute atomic E-state index is 0.619. The number of nitrogens with one attached hydrogen (secondary N) is 1. The van der Waals surface area contributed by atoms with Crippen molar-refractivity contribution in [3.05, 3.63) is 17.1 Å². The van der Waals surface area contributed by atoms with E-state index in [1.54, 1.807) is 0 Å². The van der Waals surface area contributed by atoms with Crippen LogP contribution in [0, 0.1) is 5.92 Å². The van der Waals surface area contributed by atoms with Crippen molar-refractivity contribution < 1.29 is 0 Å². The van der Waals surface area contributed by atoms with E-state index < -0.39 is 0 Å². The maximum Gasteiger partial charge on any atom is 0.134 e. The average molecular weight is 221 g/mol. The van der Waals surface area contributed by atoms with Crippen LogP contribution < -0.4 is 5.32 Å². The molecule has 1 fully saturated rings. The fourth-order valence-corrected chi connectivity index (χ4v) is 3.17. The van der Waals surface area contributed by atoms with Crippen LogP contribution in [0.15, 0.2) is 0 Å². The highest BCUT2D eigenvalue weighted by atomic mass is 32.2. The lowest BCUT2D eigenvalue weighted by atomic mass is 10.2. The van der Waals surface area contributed by atoms with Crippen molar-refractivity contribution in [3.8, 4) is 0 Å². The van der Waals surface area contributed by atoms with E-state index in [9.17, 15) is 0 Å². The van der Waals surface area contributed by atoms with E-state index in [0.29, 0.717) is 5.92 Å². The first kappa shape index (κ1) is 9.46. The van der Waals surface area contributed by atoms with Crippen LogP contribution in [-0.2, 0) is 11.5 Å². The number of thioether (sulfide) groups is 1. The van der Waals surface area contributed by atoms with Crippen LogP contribution in [0.2, 0.25) is 0 Å². The molecule has 1 aliphatic heterocycles. The zero-order valence-electron chi connectivity index (χ0n) is 9.08. The molecule has 1 aromatic rings. The van der Waals surface area contributed by atoms with Gasteiger partial charge in [-0.25, -0.2) is 9.97 Å². The topological polar surface area (TPSA) is 37.8 Å². The average Bonchev–Trinajstić information content (AvgIpc) is 2.79. The summed E-state index contributed by atoms with van der Waals surface area (Å²) >= 11 is 1.93. The molecule has 0 bridgehead atoms. The van der Waals surface area contributed by atoms with Crippen molar-refractivity contribution in [1.82, 2.24) is 9.97 Å². The van der Waals surface area contributed by atoms with Gasteiger partial charge in [0.05, 0.1) is 5.69 Å². The zero-order valence-corrected chi connectivity index (χ0v) is 9.90. The first-order valence-electron chi connectivity index (χ1n) is 5.44. The molecule has 0 saturated heterocycles. The van der Waals surface area contributed by atoms with Gasteiger partial charge in [-0.15, -0.1) is 0 Å². The van der Waals surface area contributed by atoms with E-state index in [2.05, 4.69) is 17.2 Å². The van der Waals surface area contributed by atoms with Crippen molar-refractivity contribution in [2.24, 2.45) is 5.92 Å². The summed E-state index contributed by atoms with van der Waals surface area (Å²) in [6.07, 6.45) is 1.26. The molecule has 0 amide bonds. The summed E-state index contributed by atoms with van der Waals surface area (Å²) in [6.45, 7) is 2.27. The first-order chi connectivity index (χ1) is 7.29. The zero-order chi connectivity index (χ0) is 10.4. The van der Waals surface area contributed by atoms with Crippen LogP contribution in [0.3, 0.4) is 0 Å². The van der Waals surface area contributed by atoms with Gasteiger partial charge in [-0.1, -0.05) is 6.92 Å². The Hall–Kier alpha value is -0.770. The van der Waals surface area contributed by atoms with Crippen LogP contribution in [0.1, 0.15) is 36.3 Å².